The van der Waals surface area contributed by atoms with Crippen LogP contribution in [-0.4, -0.2) is 25.3 Å². The molecule has 2 atom stereocenters. The average molecular weight is 143 g/mol. The van der Waals surface area contributed by atoms with Gasteiger partial charge in [-0.15, -0.1) is 0 Å². The first-order valence-corrected chi connectivity index (χ1v) is 4.03. The Morgan fingerprint density at radius 3 is 2.50 bits per heavy atom. The molecule has 1 fully saturated rings. The highest BCUT2D eigenvalue weighted by atomic mass is 16.7. The molecule has 1 aliphatic heterocycles. The van der Waals surface area contributed by atoms with Gasteiger partial charge < -0.3 is 4.84 Å². The highest BCUT2D eigenvalue weighted by Gasteiger charge is 2.21. The third-order valence-electron chi connectivity index (χ3n) is 2.56. The summed E-state index contributed by atoms with van der Waals surface area (Å²) in [5.41, 5.74) is 0. The summed E-state index contributed by atoms with van der Waals surface area (Å²) in [6, 6.07) is 0. The minimum atomic E-state index is 0.786. The van der Waals surface area contributed by atoms with Gasteiger partial charge in [0.1, 0.15) is 0 Å². The number of piperidine rings is 1. The smallest absolute Gasteiger partial charge is 0.0575 e. The minimum absolute atomic E-state index is 0.786. The summed E-state index contributed by atoms with van der Waals surface area (Å²) in [5, 5.41) is 2.05. The second kappa shape index (κ2) is 3.35. The van der Waals surface area contributed by atoms with Gasteiger partial charge in [0.05, 0.1) is 7.11 Å². The van der Waals surface area contributed by atoms with Gasteiger partial charge in [0, 0.05) is 13.1 Å². The summed E-state index contributed by atoms with van der Waals surface area (Å²) in [4.78, 5) is 5.14. The molecule has 1 heterocycles. The van der Waals surface area contributed by atoms with E-state index in [9.17, 15) is 0 Å². The summed E-state index contributed by atoms with van der Waals surface area (Å²) in [6.45, 7) is 6.80. The van der Waals surface area contributed by atoms with Crippen molar-refractivity contribution in [2.75, 3.05) is 20.2 Å². The van der Waals surface area contributed by atoms with Gasteiger partial charge in [-0.05, 0) is 18.3 Å². The quantitative estimate of drug-likeness (QED) is 0.552. The van der Waals surface area contributed by atoms with E-state index in [1.807, 2.05) is 5.06 Å². The molecule has 1 rings (SSSR count). The van der Waals surface area contributed by atoms with Gasteiger partial charge in [-0.1, -0.05) is 13.8 Å². The summed E-state index contributed by atoms with van der Waals surface area (Å²) in [5.74, 6) is 1.65. The Hall–Kier alpha value is -0.0800. The number of hydrogen-bond donors (Lipinski definition) is 0. The molecule has 10 heavy (non-hydrogen) atoms. The molecule has 1 aliphatic rings. The van der Waals surface area contributed by atoms with Crippen molar-refractivity contribution in [2.24, 2.45) is 11.8 Å². The van der Waals surface area contributed by atoms with Crippen LogP contribution in [0.5, 0.6) is 0 Å². The first-order valence-electron chi connectivity index (χ1n) is 4.03. The molecule has 0 aromatic heterocycles. The van der Waals surface area contributed by atoms with Gasteiger partial charge >= 0.3 is 0 Å². The predicted molar refractivity (Wildman–Crippen MR) is 41.5 cm³/mol. The summed E-state index contributed by atoms with van der Waals surface area (Å²) in [6.07, 6.45) is 1.27. The lowest BCUT2D eigenvalue weighted by Crippen LogP contribution is -2.37. The van der Waals surface area contributed by atoms with Crippen molar-refractivity contribution in [3.8, 4) is 0 Å². The predicted octanol–water partition coefficient (Wildman–Crippen LogP) is 1.53. The molecular weight excluding hydrogens is 126 g/mol. The third-order valence-corrected chi connectivity index (χ3v) is 2.56. The lowest BCUT2D eigenvalue weighted by atomic mass is 9.90. The monoisotopic (exact) mass is 143 g/mol. The third kappa shape index (κ3) is 1.70. The van der Waals surface area contributed by atoms with E-state index in [-0.39, 0.29) is 0 Å². The van der Waals surface area contributed by atoms with Gasteiger partial charge in [-0.3, -0.25) is 0 Å². The Kier molecular flexibility index (Phi) is 2.69. The largest absolute Gasteiger partial charge is 0.302 e. The standard InChI is InChI=1S/C8H17NO/c1-7-4-5-9(10-3)6-8(7)2/h7-8H,4-6H2,1-3H3. The lowest BCUT2D eigenvalue weighted by Gasteiger charge is -2.33. The number of nitrogens with zero attached hydrogens (tertiary/aromatic N) is 1. The molecule has 2 unspecified atom stereocenters. The Bertz CT molecular complexity index is 105. The molecule has 0 amide bonds. The van der Waals surface area contributed by atoms with Gasteiger partial charge in [0.2, 0.25) is 0 Å². The van der Waals surface area contributed by atoms with Crippen LogP contribution in [0, 0.1) is 11.8 Å². The zero-order valence-corrected chi connectivity index (χ0v) is 7.13. The molecule has 2 nitrogen and oxygen atoms in total. The molecule has 0 aromatic carbocycles. The van der Waals surface area contributed by atoms with E-state index >= 15 is 0 Å². The molecule has 0 N–H and O–H groups in total. The van der Waals surface area contributed by atoms with Crippen molar-refractivity contribution >= 4 is 0 Å². The molecular formula is C8H17NO. The first kappa shape index (κ1) is 8.02. The molecule has 0 saturated carbocycles. The molecule has 0 radical (unpaired) electrons. The number of rotatable bonds is 1. The topological polar surface area (TPSA) is 12.5 Å². The number of hydrogen-bond acceptors (Lipinski definition) is 2. The second-order valence-corrected chi connectivity index (χ2v) is 3.31. The maximum atomic E-state index is 5.14. The van der Waals surface area contributed by atoms with E-state index in [1.165, 1.54) is 6.42 Å². The maximum absolute atomic E-state index is 5.14. The van der Waals surface area contributed by atoms with Crippen LogP contribution in [0.25, 0.3) is 0 Å². The highest BCUT2D eigenvalue weighted by molar-refractivity contribution is 4.70. The van der Waals surface area contributed by atoms with Crippen molar-refractivity contribution in [3.63, 3.8) is 0 Å². The van der Waals surface area contributed by atoms with E-state index in [0.29, 0.717) is 0 Å². The number of hydroxylamine groups is 2. The highest BCUT2D eigenvalue weighted by Crippen LogP contribution is 2.21. The fraction of sp³-hybridized carbons (Fsp3) is 1.00. The SMILES string of the molecule is CON1CCC(C)C(C)C1. The van der Waals surface area contributed by atoms with Crippen LogP contribution in [0.1, 0.15) is 20.3 Å². The molecule has 1 saturated heterocycles. The van der Waals surface area contributed by atoms with Crippen molar-refractivity contribution in [1.29, 1.82) is 0 Å². The van der Waals surface area contributed by atoms with Crippen LogP contribution < -0.4 is 0 Å². The molecule has 0 bridgehead atoms. The molecule has 0 aliphatic carbocycles. The van der Waals surface area contributed by atoms with Gasteiger partial charge in [0.15, 0.2) is 0 Å². The van der Waals surface area contributed by atoms with Gasteiger partial charge in [0.25, 0.3) is 0 Å². The van der Waals surface area contributed by atoms with E-state index in [1.54, 1.807) is 7.11 Å². The molecule has 2 heteroatoms. The van der Waals surface area contributed by atoms with Crippen molar-refractivity contribution in [2.45, 2.75) is 20.3 Å². The first-order chi connectivity index (χ1) is 4.74. The van der Waals surface area contributed by atoms with Crippen molar-refractivity contribution in [3.05, 3.63) is 0 Å². The van der Waals surface area contributed by atoms with E-state index in [2.05, 4.69) is 13.8 Å². The fourth-order valence-electron chi connectivity index (χ4n) is 1.39. The van der Waals surface area contributed by atoms with Crippen LogP contribution in [-0.2, 0) is 4.84 Å². The van der Waals surface area contributed by atoms with Crippen molar-refractivity contribution in [1.82, 2.24) is 5.06 Å². The Morgan fingerprint density at radius 1 is 1.30 bits per heavy atom. The van der Waals surface area contributed by atoms with E-state index in [4.69, 9.17) is 4.84 Å². The second-order valence-electron chi connectivity index (χ2n) is 3.31. The van der Waals surface area contributed by atoms with E-state index in [0.717, 1.165) is 24.9 Å². The zero-order chi connectivity index (χ0) is 7.56. The van der Waals surface area contributed by atoms with Crippen LogP contribution in [0.15, 0.2) is 0 Å². The molecule has 60 valence electrons. The summed E-state index contributed by atoms with van der Waals surface area (Å²) in [7, 11) is 1.75. The van der Waals surface area contributed by atoms with Gasteiger partial charge in [-0.2, -0.15) is 5.06 Å². The Morgan fingerprint density at radius 2 is 2.00 bits per heavy atom. The van der Waals surface area contributed by atoms with Crippen LogP contribution in [0.3, 0.4) is 0 Å². The summed E-state index contributed by atoms with van der Waals surface area (Å²) >= 11 is 0. The Balaban J connectivity index is 2.33. The van der Waals surface area contributed by atoms with Crippen LogP contribution in [0.2, 0.25) is 0 Å². The average Bonchev–Trinajstić information content (AvgIpc) is 1.95. The summed E-state index contributed by atoms with van der Waals surface area (Å²) < 4.78 is 0. The van der Waals surface area contributed by atoms with Crippen molar-refractivity contribution < 1.29 is 4.84 Å². The minimum Gasteiger partial charge on any atom is -0.302 e. The fourth-order valence-corrected chi connectivity index (χ4v) is 1.39. The van der Waals surface area contributed by atoms with Crippen LogP contribution >= 0.6 is 0 Å². The van der Waals surface area contributed by atoms with Crippen LogP contribution in [0.4, 0.5) is 0 Å². The lowest BCUT2D eigenvalue weighted by molar-refractivity contribution is -0.158. The van der Waals surface area contributed by atoms with E-state index < -0.39 is 0 Å². The Labute approximate surface area is 63.1 Å². The maximum Gasteiger partial charge on any atom is 0.0575 e. The van der Waals surface area contributed by atoms with Gasteiger partial charge in [-0.25, -0.2) is 0 Å². The normalized spacial score (nSPS) is 36.3. The molecule has 0 aromatic rings. The molecule has 0 spiro atoms. The zero-order valence-electron chi connectivity index (χ0n) is 7.13.